The molecule has 2 aromatic heterocycles. The number of hydrogen-bond acceptors (Lipinski definition) is 3. The molecule has 148 valence electrons. The molecule has 0 saturated carbocycles. The van der Waals surface area contributed by atoms with Crippen LogP contribution in [0.3, 0.4) is 0 Å². The Kier molecular flexibility index (Phi) is 4.60. The van der Waals surface area contributed by atoms with Gasteiger partial charge < -0.3 is 14.5 Å². The summed E-state index contributed by atoms with van der Waals surface area (Å²) in [6.07, 6.45) is -2.23. The third-order valence-electron chi connectivity index (χ3n) is 5.27. The molecular formula is C19H20F3N5O. The number of benzene rings is 1. The maximum atomic E-state index is 12.9. The Morgan fingerprint density at radius 2 is 2.07 bits per heavy atom. The summed E-state index contributed by atoms with van der Waals surface area (Å²) in [6, 6.07) is 7.85. The van der Waals surface area contributed by atoms with Crippen LogP contribution in [-0.2, 0) is 37.8 Å². The normalized spacial score (nSPS) is 16.9. The van der Waals surface area contributed by atoms with Crippen LogP contribution in [0.2, 0.25) is 0 Å². The van der Waals surface area contributed by atoms with E-state index in [4.69, 9.17) is 0 Å². The van der Waals surface area contributed by atoms with Crippen LogP contribution in [-0.4, -0.2) is 31.4 Å². The molecule has 3 aromatic rings. The summed E-state index contributed by atoms with van der Waals surface area (Å²) in [5.41, 5.74) is 1.97. The lowest BCUT2D eigenvalue weighted by molar-refractivity contribution is -0.179. The van der Waals surface area contributed by atoms with Gasteiger partial charge >= 0.3 is 6.18 Å². The van der Waals surface area contributed by atoms with Gasteiger partial charge in [0.25, 0.3) is 0 Å². The van der Waals surface area contributed by atoms with E-state index in [0.717, 1.165) is 16.5 Å². The molecule has 1 aliphatic rings. The van der Waals surface area contributed by atoms with Crippen molar-refractivity contribution >= 4 is 16.8 Å². The fourth-order valence-electron chi connectivity index (χ4n) is 3.78. The standard InChI is InChI=1S/C19H20F3N5O/c1-26-11-12(14-4-2-3-5-15(14)26)8-18(28)23-10-17-25-24-16-9-13(19(20,21)22)6-7-27(16)17/h2-5,11,13H,6-10H2,1H3,(H,23,28)/t13-/m1/s1. The minimum atomic E-state index is -4.22. The predicted octanol–water partition coefficient (Wildman–Crippen LogP) is 2.75. The first-order valence-electron chi connectivity index (χ1n) is 9.10. The Balaban J connectivity index is 1.40. The number of amides is 1. The van der Waals surface area contributed by atoms with Crippen LogP contribution >= 0.6 is 0 Å². The first kappa shape index (κ1) is 18.5. The van der Waals surface area contributed by atoms with E-state index in [2.05, 4.69) is 15.5 Å². The zero-order chi connectivity index (χ0) is 19.9. The second-order valence-electron chi connectivity index (χ2n) is 7.15. The third kappa shape index (κ3) is 3.48. The number of rotatable bonds is 4. The Bertz CT molecular complexity index is 1020. The highest BCUT2D eigenvalue weighted by molar-refractivity contribution is 5.89. The van der Waals surface area contributed by atoms with Gasteiger partial charge in [-0.2, -0.15) is 13.2 Å². The van der Waals surface area contributed by atoms with Crippen molar-refractivity contribution in [3.8, 4) is 0 Å². The molecule has 0 saturated heterocycles. The van der Waals surface area contributed by atoms with E-state index < -0.39 is 12.1 Å². The number of nitrogens with zero attached hydrogens (tertiary/aromatic N) is 4. The zero-order valence-corrected chi connectivity index (χ0v) is 15.3. The summed E-state index contributed by atoms with van der Waals surface area (Å²) in [7, 11) is 1.93. The maximum absolute atomic E-state index is 12.9. The summed E-state index contributed by atoms with van der Waals surface area (Å²) in [6.45, 7) is 0.355. The Morgan fingerprint density at radius 1 is 1.29 bits per heavy atom. The smallest absolute Gasteiger partial charge is 0.350 e. The average Bonchev–Trinajstić information content (AvgIpc) is 3.20. The molecule has 0 radical (unpaired) electrons. The highest BCUT2D eigenvalue weighted by Gasteiger charge is 2.42. The van der Waals surface area contributed by atoms with E-state index in [0.29, 0.717) is 11.6 Å². The molecule has 0 aliphatic carbocycles. The number of alkyl halides is 3. The lowest BCUT2D eigenvalue weighted by atomic mass is 9.97. The number of nitrogens with one attached hydrogen (secondary N) is 1. The molecule has 1 atom stereocenters. The van der Waals surface area contributed by atoms with Gasteiger partial charge in [0.05, 0.1) is 18.9 Å². The fourth-order valence-corrected chi connectivity index (χ4v) is 3.78. The van der Waals surface area contributed by atoms with Gasteiger partial charge in [-0.05, 0) is 18.1 Å². The maximum Gasteiger partial charge on any atom is 0.392 e. The monoisotopic (exact) mass is 391 g/mol. The molecule has 28 heavy (non-hydrogen) atoms. The second kappa shape index (κ2) is 6.96. The van der Waals surface area contributed by atoms with E-state index in [1.807, 2.05) is 42.1 Å². The largest absolute Gasteiger partial charge is 0.392 e. The minimum Gasteiger partial charge on any atom is -0.350 e. The lowest BCUT2D eigenvalue weighted by Crippen LogP contribution is -2.32. The lowest BCUT2D eigenvalue weighted by Gasteiger charge is -2.25. The molecule has 1 N–H and O–H groups in total. The molecule has 6 nitrogen and oxygen atoms in total. The fraction of sp³-hybridized carbons (Fsp3) is 0.421. The summed E-state index contributed by atoms with van der Waals surface area (Å²) in [5, 5.41) is 11.7. The van der Waals surface area contributed by atoms with Crippen molar-refractivity contribution in [2.24, 2.45) is 13.0 Å². The van der Waals surface area contributed by atoms with Crippen molar-refractivity contribution in [2.45, 2.75) is 38.5 Å². The quantitative estimate of drug-likeness (QED) is 0.744. The molecule has 1 amide bonds. The molecule has 1 aliphatic heterocycles. The number of carbonyl (C=O) groups excluding carboxylic acids is 1. The van der Waals surface area contributed by atoms with E-state index in [-0.39, 0.29) is 38.3 Å². The number of carbonyl (C=O) groups is 1. The van der Waals surface area contributed by atoms with Crippen LogP contribution in [0.5, 0.6) is 0 Å². The van der Waals surface area contributed by atoms with Crippen molar-refractivity contribution in [3.05, 3.63) is 47.7 Å². The van der Waals surface area contributed by atoms with Crippen molar-refractivity contribution in [1.29, 1.82) is 0 Å². The first-order chi connectivity index (χ1) is 13.3. The molecule has 4 rings (SSSR count). The highest BCUT2D eigenvalue weighted by atomic mass is 19.4. The summed E-state index contributed by atoms with van der Waals surface area (Å²) in [4.78, 5) is 12.4. The van der Waals surface area contributed by atoms with Crippen LogP contribution in [0.4, 0.5) is 13.2 Å². The van der Waals surface area contributed by atoms with Gasteiger partial charge in [0.1, 0.15) is 5.82 Å². The molecule has 9 heteroatoms. The van der Waals surface area contributed by atoms with Crippen molar-refractivity contribution in [1.82, 2.24) is 24.6 Å². The van der Waals surface area contributed by atoms with Gasteiger partial charge in [0.15, 0.2) is 5.82 Å². The van der Waals surface area contributed by atoms with Gasteiger partial charge in [-0.3, -0.25) is 4.79 Å². The van der Waals surface area contributed by atoms with Gasteiger partial charge in [-0.25, -0.2) is 0 Å². The van der Waals surface area contributed by atoms with Crippen LogP contribution in [0, 0.1) is 5.92 Å². The van der Waals surface area contributed by atoms with Gasteiger partial charge in [-0.1, -0.05) is 18.2 Å². The third-order valence-corrected chi connectivity index (χ3v) is 5.27. The Hall–Kier alpha value is -2.84. The highest BCUT2D eigenvalue weighted by Crippen LogP contribution is 2.34. The number of aryl methyl sites for hydroxylation is 1. The number of para-hydroxylation sites is 1. The van der Waals surface area contributed by atoms with Crippen molar-refractivity contribution < 1.29 is 18.0 Å². The summed E-state index contributed by atoms with van der Waals surface area (Å²) < 4.78 is 42.4. The summed E-state index contributed by atoms with van der Waals surface area (Å²) >= 11 is 0. The molecule has 3 heterocycles. The van der Waals surface area contributed by atoms with Crippen LogP contribution in [0.25, 0.3) is 10.9 Å². The molecule has 0 fully saturated rings. The van der Waals surface area contributed by atoms with Gasteiger partial charge in [-0.15, -0.1) is 10.2 Å². The number of aromatic nitrogens is 4. The van der Waals surface area contributed by atoms with Gasteiger partial charge in [0.2, 0.25) is 5.91 Å². The minimum absolute atomic E-state index is 0.00545. The molecular weight excluding hydrogens is 371 g/mol. The van der Waals surface area contributed by atoms with E-state index in [1.165, 1.54) is 0 Å². The molecule has 0 spiro atoms. The SMILES string of the molecule is Cn1cc(CC(=O)NCc2nnc3n2CC[C@@H](C(F)(F)F)C3)c2ccccc21. The molecule has 0 unspecified atom stereocenters. The number of hydrogen-bond donors (Lipinski definition) is 1. The first-order valence-corrected chi connectivity index (χ1v) is 9.10. The summed E-state index contributed by atoms with van der Waals surface area (Å²) in [5.74, 6) is -0.732. The van der Waals surface area contributed by atoms with E-state index >= 15 is 0 Å². The Labute approximate surface area is 159 Å². The van der Waals surface area contributed by atoms with E-state index in [1.54, 1.807) is 4.57 Å². The number of fused-ring (bicyclic) bond motifs is 2. The van der Waals surface area contributed by atoms with Gasteiger partial charge in [0, 0.05) is 37.1 Å². The van der Waals surface area contributed by atoms with Crippen LogP contribution in [0.1, 0.15) is 23.6 Å². The molecule has 0 bridgehead atoms. The van der Waals surface area contributed by atoms with Crippen molar-refractivity contribution in [2.75, 3.05) is 0 Å². The average molecular weight is 391 g/mol. The van der Waals surface area contributed by atoms with Crippen LogP contribution in [0.15, 0.2) is 30.5 Å². The predicted molar refractivity (Wildman–Crippen MR) is 96.4 cm³/mol. The van der Waals surface area contributed by atoms with E-state index in [9.17, 15) is 18.0 Å². The topological polar surface area (TPSA) is 64.7 Å². The zero-order valence-electron chi connectivity index (χ0n) is 15.3. The second-order valence-corrected chi connectivity index (χ2v) is 7.15. The Morgan fingerprint density at radius 3 is 2.86 bits per heavy atom. The van der Waals surface area contributed by atoms with Crippen LogP contribution < -0.4 is 5.32 Å². The molecule has 1 aromatic carbocycles. The van der Waals surface area contributed by atoms with Crippen molar-refractivity contribution in [3.63, 3.8) is 0 Å². The number of halogens is 3.